The summed E-state index contributed by atoms with van der Waals surface area (Å²) in [5, 5.41) is 14.4. The number of nitrogens with two attached hydrogens (primary N) is 1. The number of hydrogen-bond donors (Lipinski definition) is 3. The Labute approximate surface area is 433 Å². The van der Waals surface area contributed by atoms with Gasteiger partial charge in [-0.05, 0) is 99.9 Å². The molecule has 12 nitrogen and oxygen atoms in total. The van der Waals surface area contributed by atoms with E-state index in [9.17, 15) is 22.8 Å². The fraction of sp³-hybridized carbons (Fsp3) is 0.382. The van der Waals surface area contributed by atoms with Gasteiger partial charge in [-0.25, -0.2) is 4.98 Å². The Morgan fingerprint density at radius 3 is 2.33 bits per heavy atom. The fourth-order valence-corrected chi connectivity index (χ4v) is 9.32. The molecule has 2 aliphatic rings. The maximum absolute atomic E-state index is 13.3. The third-order valence-corrected chi connectivity index (χ3v) is 13.1. The summed E-state index contributed by atoms with van der Waals surface area (Å²) in [6.07, 6.45) is 14.3. The number of ether oxygens (including phenoxy) is 1. The van der Waals surface area contributed by atoms with Crippen molar-refractivity contribution in [3.8, 4) is 11.6 Å². The van der Waals surface area contributed by atoms with Crippen LogP contribution in [0.2, 0.25) is 0 Å². The normalized spacial score (nSPS) is 15.1. The topological polar surface area (TPSA) is 143 Å². The van der Waals surface area contributed by atoms with Crippen LogP contribution in [0.3, 0.4) is 0 Å². The van der Waals surface area contributed by atoms with E-state index in [0.717, 1.165) is 50.4 Å². The van der Waals surface area contributed by atoms with Crippen LogP contribution in [0.5, 0.6) is 11.6 Å². The number of nitrogens with one attached hydrogen (secondary N) is 2. The van der Waals surface area contributed by atoms with Crippen molar-refractivity contribution in [3.63, 3.8) is 0 Å². The number of allylic oxidation sites excluding steroid dienone is 6. The molecule has 0 bridgehead atoms. The number of benzene rings is 3. The number of hydrogen-bond acceptors (Lipinski definition) is 8. The van der Waals surface area contributed by atoms with Crippen molar-refractivity contribution in [3.05, 3.63) is 161 Å². The summed E-state index contributed by atoms with van der Waals surface area (Å²) >= 11 is 0. The molecule has 4 N–H and O–H groups in total. The molecule has 384 valence electrons. The van der Waals surface area contributed by atoms with Crippen LogP contribution in [0.25, 0.3) is 0 Å². The SMILES string of the molecule is C[N+]1=C(/C=C/C=C/C=C2\N(CCCCCC(=O)NCCCn3cc(CCCCNC(=O)c4cccc(Oc5cc(CN)cc(C(F)(F)F)n5)c4)nn3)c3ccccc3C2(C)C)C(C)(C)c2ccccc21.Cl.[Cl-]. The van der Waals surface area contributed by atoms with Crippen molar-refractivity contribution in [2.75, 3.05) is 31.6 Å². The molecule has 2 amide bonds. The first-order chi connectivity index (χ1) is 33.6. The maximum Gasteiger partial charge on any atom is 0.433 e. The van der Waals surface area contributed by atoms with E-state index in [1.54, 1.807) is 16.8 Å². The summed E-state index contributed by atoms with van der Waals surface area (Å²) < 4.78 is 49.5. The highest BCUT2D eigenvalue weighted by Gasteiger charge is 2.43. The molecule has 5 aromatic rings. The van der Waals surface area contributed by atoms with Crippen molar-refractivity contribution in [2.24, 2.45) is 5.73 Å². The second-order valence-electron chi connectivity index (χ2n) is 18.9. The van der Waals surface area contributed by atoms with Gasteiger partial charge in [0, 0.05) is 91.5 Å². The minimum Gasteiger partial charge on any atom is -1.00 e. The van der Waals surface area contributed by atoms with Crippen molar-refractivity contribution in [1.82, 2.24) is 30.6 Å². The number of carbonyl (C=O) groups is 2. The number of pyridine rings is 1. The Morgan fingerprint density at radius 1 is 0.819 bits per heavy atom. The molecule has 17 heteroatoms. The number of anilines is 1. The third kappa shape index (κ3) is 14.0. The maximum atomic E-state index is 13.3. The first-order valence-electron chi connectivity index (χ1n) is 24.2. The van der Waals surface area contributed by atoms with Crippen molar-refractivity contribution >= 4 is 41.3 Å². The molecular weight excluding hydrogens is 963 g/mol. The standard InChI is InChI=1S/C55H64F3N9O3.2ClH/c1-53(2)43-23-11-13-25-45(43)65(5)48(53)27-8-6-9-28-49-54(3,4)44-24-12-14-26-46(44)67(49)33-17-7-10-29-50(68)60-31-19-32-66-38-41(63-64-66)21-15-16-30-61-52(69)40-20-18-22-42(36-40)70-51-35-39(37-59)34-47(62-51)55(56,57)58;;/h6,8-9,11-14,18,20,22-28,34-36,38H,7,10,15-17,19,21,29-33,37,59H2,1-5H3,(H-,60,61,68,69);2*1H. The summed E-state index contributed by atoms with van der Waals surface area (Å²) in [5.74, 6) is -0.376. The predicted molar refractivity (Wildman–Crippen MR) is 276 cm³/mol. The largest absolute Gasteiger partial charge is 1.00 e. The number of fused-ring (bicyclic) bond motifs is 2. The van der Waals surface area contributed by atoms with Gasteiger partial charge >= 0.3 is 6.18 Å². The number of carbonyl (C=O) groups excluding carboxylic acids is 2. The molecule has 0 radical (unpaired) electrons. The lowest BCUT2D eigenvalue weighted by atomic mass is 9.81. The van der Waals surface area contributed by atoms with Crippen LogP contribution in [0.1, 0.15) is 111 Å². The van der Waals surface area contributed by atoms with Gasteiger partial charge in [-0.2, -0.15) is 17.7 Å². The number of rotatable bonds is 22. The Hall–Kier alpha value is -6.29. The van der Waals surface area contributed by atoms with Gasteiger partial charge in [0.2, 0.25) is 17.5 Å². The zero-order valence-corrected chi connectivity index (χ0v) is 43.2. The molecule has 0 atom stereocenters. The average Bonchev–Trinajstić information content (AvgIpc) is 3.94. The van der Waals surface area contributed by atoms with Crippen LogP contribution in [-0.2, 0) is 41.3 Å². The van der Waals surface area contributed by atoms with E-state index < -0.39 is 11.9 Å². The fourth-order valence-electron chi connectivity index (χ4n) is 9.32. The quantitative estimate of drug-likeness (QED) is 0.0364. The number of para-hydroxylation sites is 2. The van der Waals surface area contributed by atoms with E-state index in [1.807, 2.05) is 6.20 Å². The molecule has 4 heterocycles. The Morgan fingerprint density at radius 2 is 1.57 bits per heavy atom. The molecule has 0 saturated carbocycles. The highest BCUT2D eigenvalue weighted by molar-refractivity contribution is 6.03. The number of aryl methyl sites for hydroxylation is 2. The van der Waals surface area contributed by atoms with Gasteiger partial charge in [-0.3, -0.25) is 14.3 Å². The van der Waals surface area contributed by atoms with Crippen molar-refractivity contribution in [2.45, 2.75) is 109 Å². The molecule has 0 spiro atoms. The lowest BCUT2D eigenvalue weighted by Crippen LogP contribution is -3.00. The first-order valence-corrected chi connectivity index (χ1v) is 24.2. The summed E-state index contributed by atoms with van der Waals surface area (Å²) in [5.41, 5.74) is 13.3. The number of alkyl halides is 3. The van der Waals surface area contributed by atoms with Crippen LogP contribution in [0.4, 0.5) is 24.5 Å². The molecule has 7 rings (SSSR count). The monoisotopic (exact) mass is 1030 g/mol. The van der Waals surface area contributed by atoms with Crippen LogP contribution >= 0.6 is 12.4 Å². The van der Waals surface area contributed by atoms with E-state index in [4.69, 9.17) is 10.5 Å². The summed E-state index contributed by atoms with van der Waals surface area (Å²) in [6.45, 7) is 11.5. The van der Waals surface area contributed by atoms with Crippen LogP contribution in [-0.4, -0.2) is 68.8 Å². The van der Waals surface area contributed by atoms with Crippen LogP contribution < -0.4 is 38.4 Å². The molecule has 0 saturated heterocycles. The second-order valence-corrected chi connectivity index (χ2v) is 18.9. The average molecular weight is 1030 g/mol. The molecule has 0 fully saturated rings. The molecule has 2 aliphatic heterocycles. The van der Waals surface area contributed by atoms with Gasteiger partial charge in [0.25, 0.3) is 5.91 Å². The number of unbranched alkanes of at least 4 members (excludes halogenated alkanes) is 3. The Balaban J connectivity index is 0.00000481. The van der Waals surface area contributed by atoms with Gasteiger partial charge in [0.05, 0.1) is 11.1 Å². The minimum absolute atomic E-state index is 0. The summed E-state index contributed by atoms with van der Waals surface area (Å²) in [7, 11) is 2.14. The zero-order valence-electron chi connectivity index (χ0n) is 41.6. The molecule has 3 aromatic carbocycles. The van der Waals surface area contributed by atoms with E-state index in [0.29, 0.717) is 44.5 Å². The number of nitrogens with zero attached hydrogens (tertiary/aromatic N) is 6. The second kappa shape index (κ2) is 25.4. The highest BCUT2D eigenvalue weighted by atomic mass is 35.5. The zero-order chi connectivity index (χ0) is 49.9. The number of amides is 2. The smallest absolute Gasteiger partial charge is 0.433 e. The van der Waals surface area contributed by atoms with E-state index in [-0.39, 0.29) is 71.2 Å². The van der Waals surface area contributed by atoms with Crippen LogP contribution in [0.15, 0.2) is 127 Å². The summed E-state index contributed by atoms with van der Waals surface area (Å²) in [4.78, 5) is 31.6. The van der Waals surface area contributed by atoms with E-state index >= 15 is 0 Å². The lowest BCUT2D eigenvalue weighted by molar-refractivity contribution is -0.401. The lowest BCUT2D eigenvalue weighted by Gasteiger charge is -2.27. The molecule has 72 heavy (non-hydrogen) atoms. The van der Waals surface area contributed by atoms with Crippen molar-refractivity contribution < 1.29 is 44.5 Å². The predicted octanol–water partition coefficient (Wildman–Crippen LogP) is 7.69. The first kappa shape index (κ1) is 56.6. The minimum atomic E-state index is -4.66. The highest BCUT2D eigenvalue weighted by Crippen LogP contribution is 2.48. The van der Waals surface area contributed by atoms with Gasteiger partial charge in [0.15, 0.2) is 5.71 Å². The van der Waals surface area contributed by atoms with E-state index in [2.05, 4.69) is 149 Å². The molecule has 2 aromatic heterocycles. The number of halogens is 5. The van der Waals surface area contributed by atoms with Gasteiger partial charge in [0.1, 0.15) is 18.5 Å². The van der Waals surface area contributed by atoms with Gasteiger partial charge in [-0.15, -0.1) is 17.5 Å². The molecule has 0 unspecified atom stereocenters. The molecular formula is C55H66Cl2F3N9O3. The Kier molecular flexibility index (Phi) is 20.0. The van der Waals surface area contributed by atoms with E-state index in [1.165, 1.54) is 52.1 Å². The van der Waals surface area contributed by atoms with Gasteiger partial charge in [-0.1, -0.05) is 86.2 Å². The number of aromatic nitrogens is 4. The van der Waals surface area contributed by atoms with Crippen LogP contribution in [0, 0.1) is 0 Å². The third-order valence-electron chi connectivity index (χ3n) is 13.1. The van der Waals surface area contributed by atoms with Crippen molar-refractivity contribution in [1.29, 1.82) is 0 Å². The summed E-state index contributed by atoms with van der Waals surface area (Å²) in [6, 6.07) is 25.7. The van der Waals surface area contributed by atoms with Gasteiger partial charge < -0.3 is 38.4 Å². The molecule has 0 aliphatic carbocycles. The Bertz CT molecular complexity index is 2780.